The summed E-state index contributed by atoms with van der Waals surface area (Å²) in [7, 11) is 0. The summed E-state index contributed by atoms with van der Waals surface area (Å²) in [6, 6.07) is 9.71. The van der Waals surface area contributed by atoms with Crippen molar-refractivity contribution >= 4 is 23.2 Å². The van der Waals surface area contributed by atoms with Crippen molar-refractivity contribution in [3.63, 3.8) is 0 Å². The number of benzene rings is 2. The molecule has 0 bridgehead atoms. The van der Waals surface area contributed by atoms with Gasteiger partial charge < -0.3 is 10.1 Å². The molecule has 2 aromatic rings. The van der Waals surface area contributed by atoms with Crippen LogP contribution in [-0.2, 0) is 4.79 Å². The van der Waals surface area contributed by atoms with E-state index in [0.717, 1.165) is 11.3 Å². The van der Waals surface area contributed by atoms with Crippen LogP contribution in [0.5, 0.6) is 5.75 Å². The van der Waals surface area contributed by atoms with Crippen LogP contribution in [0.1, 0.15) is 24.0 Å². The number of carbonyl (C=O) groups excluding carboxylic acids is 1. The molecule has 5 heteroatoms. The van der Waals surface area contributed by atoms with Crippen LogP contribution in [0.3, 0.4) is 0 Å². The maximum atomic E-state index is 13.0. The summed E-state index contributed by atoms with van der Waals surface area (Å²) in [4.78, 5) is 11.9. The zero-order valence-electron chi connectivity index (χ0n) is 13.2. The van der Waals surface area contributed by atoms with Crippen LogP contribution in [0, 0.1) is 19.7 Å². The van der Waals surface area contributed by atoms with Crippen molar-refractivity contribution in [2.45, 2.75) is 26.7 Å². The van der Waals surface area contributed by atoms with E-state index < -0.39 is 0 Å². The van der Waals surface area contributed by atoms with Gasteiger partial charge in [0.1, 0.15) is 11.6 Å². The lowest BCUT2D eigenvalue weighted by molar-refractivity contribution is -0.116. The van der Waals surface area contributed by atoms with Gasteiger partial charge in [0, 0.05) is 17.1 Å². The number of amides is 1. The van der Waals surface area contributed by atoms with Crippen molar-refractivity contribution in [1.82, 2.24) is 0 Å². The van der Waals surface area contributed by atoms with Crippen molar-refractivity contribution < 1.29 is 13.9 Å². The number of aryl methyl sites for hydroxylation is 2. The maximum absolute atomic E-state index is 13.0. The minimum Gasteiger partial charge on any atom is -0.493 e. The van der Waals surface area contributed by atoms with Gasteiger partial charge in [-0.05, 0) is 67.8 Å². The van der Waals surface area contributed by atoms with Gasteiger partial charge >= 0.3 is 0 Å². The van der Waals surface area contributed by atoms with Gasteiger partial charge in [0.25, 0.3) is 0 Å². The summed E-state index contributed by atoms with van der Waals surface area (Å²) in [5.74, 6) is 0.340. The van der Waals surface area contributed by atoms with Gasteiger partial charge in [0.15, 0.2) is 0 Å². The first-order valence-electron chi connectivity index (χ1n) is 7.40. The van der Waals surface area contributed by atoms with Crippen molar-refractivity contribution in [1.29, 1.82) is 0 Å². The Morgan fingerprint density at radius 2 is 1.96 bits per heavy atom. The molecule has 0 saturated heterocycles. The fourth-order valence-electron chi connectivity index (χ4n) is 2.17. The molecule has 0 aliphatic rings. The van der Waals surface area contributed by atoms with E-state index in [9.17, 15) is 9.18 Å². The molecule has 122 valence electrons. The highest BCUT2D eigenvalue weighted by Gasteiger charge is 2.06. The fraction of sp³-hybridized carbons (Fsp3) is 0.278. The molecule has 0 unspecified atom stereocenters. The minimum absolute atomic E-state index is 0.115. The van der Waals surface area contributed by atoms with E-state index in [2.05, 4.69) is 5.32 Å². The number of nitrogens with one attached hydrogen (secondary N) is 1. The number of halogens is 2. The van der Waals surface area contributed by atoms with E-state index in [-0.39, 0.29) is 11.7 Å². The second-order valence-electron chi connectivity index (χ2n) is 5.37. The monoisotopic (exact) mass is 335 g/mol. The fourth-order valence-corrected chi connectivity index (χ4v) is 2.40. The topological polar surface area (TPSA) is 38.3 Å². The number of hydrogen-bond donors (Lipinski definition) is 1. The van der Waals surface area contributed by atoms with Crippen LogP contribution < -0.4 is 10.1 Å². The predicted octanol–water partition coefficient (Wildman–Crippen LogP) is 4.89. The Bertz CT molecular complexity index is 703. The summed E-state index contributed by atoms with van der Waals surface area (Å²) < 4.78 is 18.7. The van der Waals surface area contributed by atoms with E-state index in [1.807, 2.05) is 19.1 Å². The number of rotatable bonds is 6. The number of hydrogen-bond acceptors (Lipinski definition) is 2. The third kappa shape index (κ3) is 5.25. The molecule has 0 aliphatic carbocycles. The quantitative estimate of drug-likeness (QED) is 0.763. The normalized spacial score (nSPS) is 10.4. The molecule has 0 heterocycles. The van der Waals surface area contributed by atoms with Crippen LogP contribution in [0.15, 0.2) is 36.4 Å². The van der Waals surface area contributed by atoms with Crippen molar-refractivity contribution in [3.05, 3.63) is 58.4 Å². The molecular formula is C18H19ClFNO2. The molecular weight excluding hydrogens is 317 g/mol. The van der Waals surface area contributed by atoms with E-state index in [0.29, 0.717) is 35.7 Å². The standard InChI is InChI=1S/C18H19ClFNO2/c1-12-11-15(20)6-7-16(12)21-18(22)4-3-9-23-17-8-5-14(19)10-13(17)2/h5-8,10-11H,3-4,9H2,1-2H3,(H,21,22). The van der Waals surface area contributed by atoms with Crippen LogP contribution in [0.4, 0.5) is 10.1 Å². The Labute approximate surface area is 140 Å². The second-order valence-corrected chi connectivity index (χ2v) is 5.81. The van der Waals surface area contributed by atoms with E-state index in [1.54, 1.807) is 19.1 Å². The maximum Gasteiger partial charge on any atom is 0.224 e. The average Bonchev–Trinajstić information content (AvgIpc) is 2.48. The van der Waals surface area contributed by atoms with Crippen molar-refractivity contribution in [2.24, 2.45) is 0 Å². The third-order valence-corrected chi connectivity index (χ3v) is 3.64. The molecule has 3 nitrogen and oxygen atoms in total. The van der Waals surface area contributed by atoms with Gasteiger partial charge in [-0.15, -0.1) is 0 Å². The molecule has 0 radical (unpaired) electrons. The molecule has 0 aromatic heterocycles. The Balaban J connectivity index is 1.76. The van der Waals surface area contributed by atoms with E-state index in [4.69, 9.17) is 16.3 Å². The Morgan fingerprint density at radius 3 is 2.65 bits per heavy atom. The van der Waals surface area contributed by atoms with Gasteiger partial charge in [0.2, 0.25) is 5.91 Å². The van der Waals surface area contributed by atoms with E-state index >= 15 is 0 Å². The Hall–Kier alpha value is -2.07. The Morgan fingerprint density at radius 1 is 1.17 bits per heavy atom. The molecule has 1 N–H and O–H groups in total. The van der Waals surface area contributed by atoms with Gasteiger partial charge in [0.05, 0.1) is 6.61 Å². The molecule has 2 rings (SSSR count). The van der Waals surface area contributed by atoms with Crippen LogP contribution in [0.25, 0.3) is 0 Å². The van der Waals surface area contributed by atoms with Gasteiger partial charge in [-0.3, -0.25) is 4.79 Å². The van der Waals surface area contributed by atoms with Gasteiger partial charge in [-0.2, -0.15) is 0 Å². The lowest BCUT2D eigenvalue weighted by Gasteiger charge is -2.10. The first kappa shape index (κ1) is 17.3. The van der Waals surface area contributed by atoms with Gasteiger partial charge in [-0.25, -0.2) is 4.39 Å². The number of anilines is 1. The van der Waals surface area contributed by atoms with Gasteiger partial charge in [-0.1, -0.05) is 11.6 Å². The average molecular weight is 336 g/mol. The largest absolute Gasteiger partial charge is 0.493 e. The molecule has 0 atom stereocenters. The molecule has 2 aromatic carbocycles. The molecule has 0 fully saturated rings. The first-order valence-corrected chi connectivity index (χ1v) is 7.78. The molecule has 0 saturated carbocycles. The lowest BCUT2D eigenvalue weighted by atomic mass is 10.2. The smallest absolute Gasteiger partial charge is 0.224 e. The minimum atomic E-state index is -0.313. The Kier molecular flexibility index (Phi) is 5.99. The van der Waals surface area contributed by atoms with Crippen molar-refractivity contribution in [2.75, 3.05) is 11.9 Å². The number of carbonyl (C=O) groups is 1. The molecule has 0 aliphatic heterocycles. The second kappa shape index (κ2) is 7.97. The third-order valence-electron chi connectivity index (χ3n) is 3.41. The summed E-state index contributed by atoms with van der Waals surface area (Å²) in [5, 5.41) is 3.45. The predicted molar refractivity (Wildman–Crippen MR) is 90.7 cm³/mol. The van der Waals surface area contributed by atoms with Crippen LogP contribution >= 0.6 is 11.6 Å². The number of ether oxygens (including phenoxy) is 1. The van der Waals surface area contributed by atoms with Crippen LogP contribution in [0.2, 0.25) is 5.02 Å². The highest BCUT2D eigenvalue weighted by atomic mass is 35.5. The van der Waals surface area contributed by atoms with E-state index in [1.165, 1.54) is 12.1 Å². The van der Waals surface area contributed by atoms with Crippen molar-refractivity contribution in [3.8, 4) is 5.75 Å². The zero-order chi connectivity index (χ0) is 16.8. The molecule has 23 heavy (non-hydrogen) atoms. The highest BCUT2D eigenvalue weighted by Crippen LogP contribution is 2.22. The van der Waals surface area contributed by atoms with Crippen LogP contribution in [-0.4, -0.2) is 12.5 Å². The summed E-state index contributed by atoms with van der Waals surface area (Å²) >= 11 is 5.89. The zero-order valence-corrected chi connectivity index (χ0v) is 13.9. The first-order chi connectivity index (χ1) is 11.0. The highest BCUT2D eigenvalue weighted by molar-refractivity contribution is 6.30. The summed E-state index contributed by atoms with van der Waals surface area (Å²) in [5.41, 5.74) is 2.29. The SMILES string of the molecule is Cc1cc(F)ccc1NC(=O)CCCOc1ccc(Cl)cc1C. The molecule has 0 spiro atoms. The summed E-state index contributed by atoms with van der Waals surface area (Å²) in [6.07, 6.45) is 0.928. The molecule has 1 amide bonds. The lowest BCUT2D eigenvalue weighted by Crippen LogP contribution is -2.13. The summed E-state index contributed by atoms with van der Waals surface area (Å²) in [6.45, 7) is 4.12.